The summed E-state index contributed by atoms with van der Waals surface area (Å²) in [5, 5.41) is 3.33. The van der Waals surface area contributed by atoms with E-state index < -0.39 is 0 Å². The maximum atomic E-state index is 12.5. The fourth-order valence-corrected chi connectivity index (χ4v) is 3.67. The highest BCUT2D eigenvalue weighted by molar-refractivity contribution is 5.78. The third-order valence-electron chi connectivity index (χ3n) is 4.83. The number of nitrogens with zero attached hydrogens (tertiary/aromatic N) is 1. The standard InChI is InChI=1S/C16H30N2O/c1-12-9-10-18(14-8-6-5-7-13(12)14)15(19)11-17-16(2,3)4/h12-14,17H,5-11H2,1-4H3. The van der Waals surface area contributed by atoms with Crippen LogP contribution in [0.3, 0.4) is 0 Å². The first-order valence-electron chi connectivity index (χ1n) is 7.93. The van der Waals surface area contributed by atoms with Crippen molar-refractivity contribution in [2.75, 3.05) is 13.1 Å². The summed E-state index contributed by atoms with van der Waals surface area (Å²) in [6.07, 6.45) is 6.37. The smallest absolute Gasteiger partial charge is 0.236 e. The molecule has 0 aromatic carbocycles. The molecule has 0 spiro atoms. The summed E-state index contributed by atoms with van der Waals surface area (Å²) >= 11 is 0. The average Bonchev–Trinajstić information content (AvgIpc) is 2.36. The number of likely N-dealkylation sites (tertiary alicyclic amines) is 1. The quantitative estimate of drug-likeness (QED) is 0.833. The number of fused-ring (bicyclic) bond motifs is 1. The number of carbonyl (C=O) groups is 1. The summed E-state index contributed by atoms with van der Waals surface area (Å²) in [6, 6.07) is 0.520. The summed E-state index contributed by atoms with van der Waals surface area (Å²) in [6.45, 7) is 10.2. The van der Waals surface area contributed by atoms with Gasteiger partial charge in [-0.2, -0.15) is 0 Å². The van der Waals surface area contributed by atoms with E-state index in [0.717, 1.165) is 18.4 Å². The second kappa shape index (κ2) is 5.82. The molecule has 1 saturated heterocycles. The van der Waals surface area contributed by atoms with Crippen LogP contribution in [0.15, 0.2) is 0 Å². The second-order valence-corrected chi connectivity index (χ2v) is 7.47. The first-order valence-corrected chi connectivity index (χ1v) is 7.93. The van der Waals surface area contributed by atoms with E-state index in [1.807, 2.05) is 0 Å². The highest BCUT2D eigenvalue weighted by atomic mass is 16.2. The molecule has 3 atom stereocenters. The van der Waals surface area contributed by atoms with Crippen molar-refractivity contribution in [3.05, 3.63) is 0 Å². The molecule has 0 radical (unpaired) electrons. The van der Waals surface area contributed by atoms with Crippen molar-refractivity contribution in [1.29, 1.82) is 0 Å². The van der Waals surface area contributed by atoms with Gasteiger partial charge in [0.05, 0.1) is 6.54 Å². The van der Waals surface area contributed by atoms with Crippen LogP contribution in [0.1, 0.15) is 59.8 Å². The van der Waals surface area contributed by atoms with Crippen molar-refractivity contribution >= 4 is 5.91 Å². The molecule has 19 heavy (non-hydrogen) atoms. The van der Waals surface area contributed by atoms with E-state index in [0.29, 0.717) is 18.5 Å². The van der Waals surface area contributed by atoms with Crippen molar-refractivity contribution in [2.24, 2.45) is 11.8 Å². The molecule has 3 unspecified atom stereocenters. The van der Waals surface area contributed by atoms with Gasteiger partial charge >= 0.3 is 0 Å². The monoisotopic (exact) mass is 266 g/mol. The molecule has 1 N–H and O–H groups in total. The highest BCUT2D eigenvalue weighted by Crippen LogP contribution is 2.38. The van der Waals surface area contributed by atoms with Gasteiger partial charge in [-0.3, -0.25) is 4.79 Å². The lowest BCUT2D eigenvalue weighted by atomic mass is 9.72. The number of hydrogen-bond donors (Lipinski definition) is 1. The largest absolute Gasteiger partial charge is 0.338 e. The van der Waals surface area contributed by atoms with Crippen molar-refractivity contribution in [3.8, 4) is 0 Å². The molecule has 1 amide bonds. The predicted molar refractivity (Wildman–Crippen MR) is 79.0 cm³/mol. The van der Waals surface area contributed by atoms with Gasteiger partial charge in [-0.15, -0.1) is 0 Å². The van der Waals surface area contributed by atoms with Gasteiger partial charge in [0.25, 0.3) is 0 Å². The topological polar surface area (TPSA) is 32.3 Å². The Balaban J connectivity index is 1.96. The highest BCUT2D eigenvalue weighted by Gasteiger charge is 2.39. The number of carbonyl (C=O) groups excluding carboxylic acids is 1. The average molecular weight is 266 g/mol. The zero-order valence-corrected chi connectivity index (χ0v) is 13.0. The van der Waals surface area contributed by atoms with Crippen LogP contribution in [-0.4, -0.2) is 35.5 Å². The van der Waals surface area contributed by atoms with Crippen LogP contribution in [0.2, 0.25) is 0 Å². The number of amides is 1. The SMILES string of the molecule is CC1CCN(C(=O)CNC(C)(C)C)C2CCCCC12. The van der Waals surface area contributed by atoms with Crippen molar-refractivity contribution in [1.82, 2.24) is 10.2 Å². The van der Waals surface area contributed by atoms with E-state index in [9.17, 15) is 4.79 Å². The Bertz CT molecular complexity index is 321. The summed E-state index contributed by atoms with van der Waals surface area (Å²) < 4.78 is 0. The molecule has 2 fully saturated rings. The zero-order chi connectivity index (χ0) is 14.0. The number of nitrogens with one attached hydrogen (secondary N) is 1. The van der Waals surface area contributed by atoms with Gasteiger partial charge in [0.2, 0.25) is 5.91 Å². The second-order valence-electron chi connectivity index (χ2n) is 7.47. The van der Waals surface area contributed by atoms with Crippen LogP contribution in [0.25, 0.3) is 0 Å². The fourth-order valence-electron chi connectivity index (χ4n) is 3.67. The molecule has 3 heteroatoms. The molecule has 1 heterocycles. The van der Waals surface area contributed by atoms with Crippen LogP contribution in [-0.2, 0) is 4.79 Å². The predicted octanol–water partition coefficient (Wildman–Crippen LogP) is 2.80. The van der Waals surface area contributed by atoms with E-state index in [1.54, 1.807) is 0 Å². The molecule has 110 valence electrons. The minimum atomic E-state index is 0.0186. The van der Waals surface area contributed by atoms with Crippen LogP contribution in [0.5, 0.6) is 0 Å². The van der Waals surface area contributed by atoms with Crippen LogP contribution >= 0.6 is 0 Å². The number of piperidine rings is 1. The van der Waals surface area contributed by atoms with Gasteiger partial charge in [0.15, 0.2) is 0 Å². The molecule has 1 aliphatic heterocycles. The Labute approximate surface area is 118 Å². The van der Waals surface area contributed by atoms with E-state index in [4.69, 9.17) is 0 Å². The Morgan fingerprint density at radius 3 is 2.58 bits per heavy atom. The molecule has 1 aliphatic carbocycles. The Morgan fingerprint density at radius 1 is 1.21 bits per heavy atom. The van der Waals surface area contributed by atoms with E-state index in [1.165, 1.54) is 32.1 Å². The first kappa shape index (κ1) is 14.8. The van der Waals surface area contributed by atoms with E-state index in [2.05, 4.69) is 37.9 Å². The lowest BCUT2D eigenvalue weighted by Gasteiger charge is -2.47. The molecule has 0 aromatic rings. The fraction of sp³-hybridized carbons (Fsp3) is 0.938. The Hall–Kier alpha value is -0.570. The number of hydrogen-bond acceptors (Lipinski definition) is 2. The lowest BCUT2D eigenvalue weighted by molar-refractivity contribution is -0.138. The zero-order valence-electron chi connectivity index (χ0n) is 13.0. The normalized spacial score (nSPS) is 32.0. The Morgan fingerprint density at radius 2 is 1.89 bits per heavy atom. The third-order valence-corrected chi connectivity index (χ3v) is 4.83. The molecule has 2 rings (SSSR count). The van der Waals surface area contributed by atoms with Gasteiger partial charge in [-0.1, -0.05) is 19.8 Å². The van der Waals surface area contributed by atoms with Crippen molar-refractivity contribution in [3.63, 3.8) is 0 Å². The summed E-state index contributed by atoms with van der Waals surface area (Å²) in [5.74, 6) is 1.85. The molecule has 3 nitrogen and oxygen atoms in total. The third kappa shape index (κ3) is 3.71. The molecule has 2 aliphatic rings. The van der Waals surface area contributed by atoms with Gasteiger partial charge in [-0.25, -0.2) is 0 Å². The van der Waals surface area contributed by atoms with Crippen molar-refractivity contribution in [2.45, 2.75) is 71.4 Å². The maximum Gasteiger partial charge on any atom is 0.236 e. The molecular weight excluding hydrogens is 236 g/mol. The van der Waals surface area contributed by atoms with Gasteiger partial charge < -0.3 is 10.2 Å². The number of rotatable bonds is 2. The molecule has 0 bridgehead atoms. The van der Waals surface area contributed by atoms with Gasteiger partial charge in [0.1, 0.15) is 0 Å². The molecular formula is C16H30N2O. The molecule has 1 saturated carbocycles. The lowest BCUT2D eigenvalue weighted by Crippen LogP contribution is -2.55. The summed E-state index contributed by atoms with van der Waals surface area (Å²) in [4.78, 5) is 14.7. The summed E-state index contributed by atoms with van der Waals surface area (Å²) in [7, 11) is 0. The van der Waals surface area contributed by atoms with Gasteiger partial charge in [0, 0.05) is 18.1 Å². The first-order chi connectivity index (χ1) is 8.88. The van der Waals surface area contributed by atoms with Crippen LogP contribution in [0, 0.1) is 11.8 Å². The minimum Gasteiger partial charge on any atom is -0.338 e. The minimum absolute atomic E-state index is 0.0186. The summed E-state index contributed by atoms with van der Waals surface area (Å²) in [5.41, 5.74) is 0.0186. The molecule has 0 aromatic heterocycles. The van der Waals surface area contributed by atoms with E-state index >= 15 is 0 Å². The van der Waals surface area contributed by atoms with E-state index in [-0.39, 0.29) is 5.54 Å². The van der Waals surface area contributed by atoms with Crippen LogP contribution in [0.4, 0.5) is 0 Å². The maximum absolute atomic E-state index is 12.5. The Kier molecular flexibility index (Phi) is 4.54. The van der Waals surface area contributed by atoms with Crippen molar-refractivity contribution < 1.29 is 4.79 Å². The van der Waals surface area contributed by atoms with Crippen LogP contribution < -0.4 is 5.32 Å². The van der Waals surface area contributed by atoms with Gasteiger partial charge in [-0.05, 0) is 51.9 Å².